The number of anilines is 1. The fourth-order valence-corrected chi connectivity index (χ4v) is 5.81. The van der Waals surface area contributed by atoms with Gasteiger partial charge in [-0.3, -0.25) is 4.31 Å². The Kier molecular flexibility index (Phi) is 5.77. The molecule has 3 aromatic rings. The summed E-state index contributed by atoms with van der Waals surface area (Å²) in [4.78, 5) is 6.54. The van der Waals surface area contributed by atoms with E-state index in [9.17, 15) is 22.1 Å². The molecule has 0 radical (unpaired) electrons. The molecule has 31 heavy (non-hydrogen) atoms. The summed E-state index contributed by atoms with van der Waals surface area (Å²) < 4.78 is 53.6. The van der Waals surface area contributed by atoms with E-state index in [0.717, 1.165) is 5.56 Å². The van der Waals surface area contributed by atoms with Gasteiger partial charge in [-0.15, -0.1) is 0 Å². The molecule has 1 atom stereocenters. The maximum atomic E-state index is 13.4. The van der Waals surface area contributed by atoms with Crippen LogP contribution < -0.4 is 4.31 Å². The monoisotopic (exact) mass is 457 g/mol. The molecule has 0 saturated heterocycles. The number of H-pyrrole nitrogens is 1. The standard InChI is InChI=1S/C20H19N5O4S2/c21-10-16-6-7-19-17(8-16)12-24(30(26)27)18(9-15-4-2-1-3-5-15)13-25(19)31(28,29)20-11-22-14-23-20/h1-8,11,14,18,30H,9,12-13H2,(H,22,23)/t18-/m1/s1. The first-order valence-electron chi connectivity index (χ1n) is 9.39. The fraction of sp³-hybridized carbons (Fsp3) is 0.200. The quantitative estimate of drug-likeness (QED) is 0.558. The van der Waals surface area contributed by atoms with Crippen molar-refractivity contribution < 1.29 is 16.8 Å². The Morgan fingerprint density at radius 1 is 1.19 bits per heavy atom. The summed E-state index contributed by atoms with van der Waals surface area (Å²) in [5, 5.41) is 9.11. The first kappa shape index (κ1) is 21.0. The number of aromatic amines is 1. The molecule has 11 heteroatoms. The van der Waals surface area contributed by atoms with Crippen molar-refractivity contribution in [2.45, 2.75) is 24.0 Å². The Bertz CT molecular complexity index is 1290. The number of benzene rings is 2. The van der Waals surface area contributed by atoms with E-state index in [0.29, 0.717) is 23.2 Å². The minimum absolute atomic E-state index is 0.0341. The van der Waals surface area contributed by atoms with Crippen LogP contribution in [0.5, 0.6) is 0 Å². The zero-order valence-electron chi connectivity index (χ0n) is 16.2. The molecule has 0 unspecified atom stereocenters. The molecule has 2 heterocycles. The number of thiol groups is 1. The molecular formula is C20H19N5O4S2. The summed E-state index contributed by atoms with van der Waals surface area (Å²) in [6, 6.07) is 15.3. The molecular weight excluding hydrogens is 438 g/mol. The Morgan fingerprint density at radius 2 is 1.97 bits per heavy atom. The number of aromatic nitrogens is 2. The first-order valence-corrected chi connectivity index (χ1v) is 12.0. The Hall–Kier alpha value is -3.20. The molecule has 0 aliphatic carbocycles. The van der Waals surface area contributed by atoms with Crippen LogP contribution in [0.3, 0.4) is 0 Å². The molecule has 0 spiro atoms. The number of rotatable bonds is 5. The number of sulfonamides is 1. The van der Waals surface area contributed by atoms with Crippen LogP contribution in [-0.4, -0.2) is 43.7 Å². The number of hydrogen-bond acceptors (Lipinski definition) is 6. The van der Waals surface area contributed by atoms with Crippen molar-refractivity contribution in [2.24, 2.45) is 0 Å². The summed E-state index contributed by atoms with van der Waals surface area (Å²) in [5.41, 5.74) is 1.97. The topological polar surface area (TPSA) is 127 Å². The number of nitriles is 1. The lowest BCUT2D eigenvalue weighted by molar-refractivity contribution is 0.332. The highest BCUT2D eigenvalue weighted by molar-refractivity contribution is 7.92. The predicted molar refractivity (Wildman–Crippen MR) is 114 cm³/mol. The van der Waals surface area contributed by atoms with Crippen LogP contribution in [0, 0.1) is 11.3 Å². The molecule has 1 aliphatic heterocycles. The van der Waals surface area contributed by atoms with Crippen molar-refractivity contribution >= 4 is 26.6 Å². The van der Waals surface area contributed by atoms with Crippen LogP contribution in [-0.2, 0) is 33.9 Å². The van der Waals surface area contributed by atoms with Gasteiger partial charge in [0.2, 0.25) is 10.9 Å². The van der Waals surface area contributed by atoms with Crippen molar-refractivity contribution in [1.29, 1.82) is 5.26 Å². The maximum absolute atomic E-state index is 13.4. The molecule has 0 amide bonds. The minimum atomic E-state index is -4.06. The Morgan fingerprint density at radius 3 is 2.61 bits per heavy atom. The molecule has 1 N–H and O–H groups in total. The number of fused-ring (bicyclic) bond motifs is 1. The molecule has 2 aromatic carbocycles. The van der Waals surface area contributed by atoms with Gasteiger partial charge >= 0.3 is 0 Å². The van der Waals surface area contributed by atoms with Crippen LogP contribution in [0.2, 0.25) is 0 Å². The maximum Gasteiger partial charge on any atom is 0.283 e. The predicted octanol–water partition coefficient (Wildman–Crippen LogP) is 1.43. The SMILES string of the molecule is N#Cc1ccc2c(c1)CN([SH](=O)=O)[C@H](Cc1ccccc1)CN2S(=O)(=O)c1c[nH]cn1. The third-order valence-electron chi connectivity index (χ3n) is 5.16. The highest BCUT2D eigenvalue weighted by Crippen LogP contribution is 2.33. The van der Waals surface area contributed by atoms with Crippen LogP contribution in [0.4, 0.5) is 5.69 Å². The molecule has 4 rings (SSSR count). The van der Waals surface area contributed by atoms with E-state index in [-0.39, 0.29) is 18.1 Å². The van der Waals surface area contributed by atoms with E-state index in [1.165, 1.54) is 33.3 Å². The minimum Gasteiger partial charge on any atom is -0.350 e. The second kappa shape index (κ2) is 8.50. The summed E-state index contributed by atoms with van der Waals surface area (Å²) in [7, 11) is -7.07. The highest BCUT2D eigenvalue weighted by Gasteiger charge is 2.36. The zero-order chi connectivity index (χ0) is 22.0. The van der Waals surface area contributed by atoms with E-state index < -0.39 is 27.0 Å². The van der Waals surface area contributed by atoms with Gasteiger partial charge < -0.3 is 4.98 Å². The van der Waals surface area contributed by atoms with Crippen molar-refractivity contribution in [3.8, 4) is 6.07 Å². The second-order valence-electron chi connectivity index (χ2n) is 7.08. The average Bonchev–Trinajstić information content (AvgIpc) is 3.26. The summed E-state index contributed by atoms with van der Waals surface area (Å²) >= 11 is 0. The van der Waals surface area contributed by atoms with E-state index in [1.807, 2.05) is 36.4 Å². The molecule has 1 aromatic heterocycles. The van der Waals surface area contributed by atoms with Gasteiger partial charge in [0.15, 0.2) is 5.03 Å². The van der Waals surface area contributed by atoms with Gasteiger partial charge in [0.1, 0.15) is 0 Å². The molecule has 9 nitrogen and oxygen atoms in total. The van der Waals surface area contributed by atoms with Crippen LogP contribution in [0.25, 0.3) is 0 Å². The van der Waals surface area contributed by atoms with Gasteiger partial charge in [-0.1, -0.05) is 30.3 Å². The summed E-state index contributed by atoms with van der Waals surface area (Å²) in [5.74, 6) is 0. The molecule has 160 valence electrons. The molecule has 0 saturated carbocycles. The van der Waals surface area contributed by atoms with Gasteiger partial charge in [-0.2, -0.15) is 18.0 Å². The Labute approximate surface area is 181 Å². The van der Waals surface area contributed by atoms with Crippen molar-refractivity contribution in [3.05, 3.63) is 77.7 Å². The number of nitrogens with one attached hydrogen (secondary N) is 1. The normalized spacial score (nSPS) is 17.2. The zero-order valence-corrected chi connectivity index (χ0v) is 18.0. The average molecular weight is 458 g/mol. The number of imidazole rings is 1. The third kappa shape index (κ3) is 4.18. The van der Waals surface area contributed by atoms with E-state index in [2.05, 4.69) is 9.97 Å². The summed E-state index contributed by atoms with van der Waals surface area (Å²) in [6.45, 7) is -0.125. The van der Waals surface area contributed by atoms with Gasteiger partial charge in [-0.25, -0.2) is 13.4 Å². The van der Waals surface area contributed by atoms with Crippen LogP contribution in [0.1, 0.15) is 16.7 Å². The highest BCUT2D eigenvalue weighted by atomic mass is 32.2. The lowest BCUT2D eigenvalue weighted by Crippen LogP contribution is -2.44. The van der Waals surface area contributed by atoms with E-state index >= 15 is 0 Å². The first-order chi connectivity index (χ1) is 14.9. The van der Waals surface area contributed by atoms with Gasteiger partial charge in [0.05, 0.1) is 30.2 Å². The lowest BCUT2D eigenvalue weighted by atomic mass is 10.1. The smallest absolute Gasteiger partial charge is 0.283 e. The van der Waals surface area contributed by atoms with Crippen LogP contribution in [0.15, 0.2) is 66.1 Å². The van der Waals surface area contributed by atoms with Gasteiger partial charge in [-0.05, 0) is 35.7 Å². The molecule has 1 aliphatic rings. The van der Waals surface area contributed by atoms with Gasteiger partial charge in [0, 0.05) is 18.8 Å². The number of hydrogen-bond donors (Lipinski definition) is 2. The van der Waals surface area contributed by atoms with Crippen LogP contribution >= 0.6 is 0 Å². The van der Waals surface area contributed by atoms with E-state index in [4.69, 9.17) is 0 Å². The van der Waals surface area contributed by atoms with Crippen molar-refractivity contribution in [1.82, 2.24) is 14.3 Å². The lowest BCUT2D eigenvalue weighted by Gasteiger charge is -2.28. The molecule has 0 fully saturated rings. The van der Waals surface area contributed by atoms with E-state index in [1.54, 1.807) is 6.07 Å². The number of nitrogens with zero attached hydrogens (tertiary/aromatic N) is 4. The second-order valence-corrected chi connectivity index (χ2v) is 9.88. The van der Waals surface area contributed by atoms with Crippen molar-refractivity contribution in [3.63, 3.8) is 0 Å². The fourth-order valence-electron chi connectivity index (χ4n) is 3.69. The van der Waals surface area contributed by atoms with Gasteiger partial charge in [0.25, 0.3) is 10.0 Å². The largest absolute Gasteiger partial charge is 0.350 e. The van der Waals surface area contributed by atoms with Crippen molar-refractivity contribution in [2.75, 3.05) is 10.8 Å². The Balaban J connectivity index is 1.85. The third-order valence-corrected chi connectivity index (χ3v) is 7.72. The molecule has 0 bridgehead atoms. The summed E-state index contributed by atoms with van der Waals surface area (Å²) in [6.07, 6.45) is 2.88.